The van der Waals surface area contributed by atoms with Crippen molar-refractivity contribution in [3.63, 3.8) is 0 Å². The van der Waals surface area contributed by atoms with Crippen molar-refractivity contribution in [3.8, 4) is 0 Å². The van der Waals surface area contributed by atoms with Crippen LogP contribution in [0.3, 0.4) is 0 Å². The Morgan fingerprint density at radius 3 is 2.10 bits per heavy atom. The second kappa shape index (κ2) is 12.4. The van der Waals surface area contributed by atoms with Crippen LogP contribution in [-0.4, -0.2) is 43.8 Å². The third-order valence-corrected chi connectivity index (χ3v) is 8.18. The predicted molar refractivity (Wildman–Crippen MR) is 151 cm³/mol. The third-order valence-electron chi connectivity index (χ3n) is 6.41. The number of nitrogens with zero attached hydrogens (tertiary/aromatic N) is 2. The van der Waals surface area contributed by atoms with E-state index in [1.807, 2.05) is 19.9 Å². The summed E-state index contributed by atoms with van der Waals surface area (Å²) in [6.45, 7) is 9.88. The number of hydrogen-bond donors (Lipinski definition) is 1. The van der Waals surface area contributed by atoms with Crippen molar-refractivity contribution < 1.29 is 22.4 Å². The number of hydrogen-bond acceptors (Lipinski definition) is 4. The lowest BCUT2D eigenvalue weighted by molar-refractivity contribution is -0.139. The second-order valence-corrected chi connectivity index (χ2v) is 11.9. The number of halogens is 1. The number of carbonyl (C=O) groups excluding carboxylic acids is 2. The summed E-state index contributed by atoms with van der Waals surface area (Å²) in [6.07, 6.45) is 0. The van der Waals surface area contributed by atoms with Gasteiger partial charge in [0, 0.05) is 18.2 Å². The summed E-state index contributed by atoms with van der Waals surface area (Å²) in [7, 11) is -4.17. The van der Waals surface area contributed by atoms with Crippen LogP contribution in [0, 0.1) is 26.6 Å². The molecule has 0 heterocycles. The largest absolute Gasteiger partial charge is 0.352 e. The maximum atomic E-state index is 14.6. The molecule has 39 heavy (non-hydrogen) atoms. The highest BCUT2D eigenvalue weighted by molar-refractivity contribution is 7.92. The van der Waals surface area contributed by atoms with Gasteiger partial charge in [-0.15, -0.1) is 0 Å². The number of sulfonamides is 1. The number of benzene rings is 3. The van der Waals surface area contributed by atoms with E-state index in [1.165, 1.54) is 35.2 Å². The molecular formula is C30H36FN3O4S. The van der Waals surface area contributed by atoms with Crippen LogP contribution in [0.2, 0.25) is 0 Å². The van der Waals surface area contributed by atoms with Gasteiger partial charge in [0.05, 0.1) is 10.6 Å². The maximum Gasteiger partial charge on any atom is 0.264 e. The first-order valence-electron chi connectivity index (χ1n) is 12.8. The van der Waals surface area contributed by atoms with Crippen molar-refractivity contribution in [1.29, 1.82) is 0 Å². The first-order chi connectivity index (χ1) is 18.3. The van der Waals surface area contributed by atoms with E-state index in [4.69, 9.17) is 0 Å². The average molecular weight is 554 g/mol. The minimum absolute atomic E-state index is 0.0344. The molecular weight excluding hydrogens is 517 g/mol. The summed E-state index contributed by atoms with van der Waals surface area (Å²) >= 11 is 0. The van der Waals surface area contributed by atoms with Gasteiger partial charge in [0.2, 0.25) is 11.8 Å². The number of aryl methyl sites for hydroxylation is 3. The Hall–Kier alpha value is -3.72. The van der Waals surface area contributed by atoms with Crippen molar-refractivity contribution in [1.82, 2.24) is 10.2 Å². The lowest BCUT2D eigenvalue weighted by Crippen LogP contribution is -2.52. The molecule has 0 bridgehead atoms. The van der Waals surface area contributed by atoms with Crippen molar-refractivity contribution in [2.45, 2.75) is 65.1 Å². The molecule has 0 aliphatic heterocycles. The lowest BCUT2D eigenvalue weighted by atomic mass is 10.1. The topological polar surface area (TPSA) is 86.8 Å². The molecule has 0 saturated carbocycles. The fraction of sp³-hybridized carbons (Fsp3) is 0.333. The van der Waals surface area contributed by atoms with E-state index in [-0.39, 0.29) is 23.0 Å². The minimum atomic E-state index is -4.17. The molecule has 0 aromatic heterocycles. The Labute approximate surface area is 230 Å². The van der Waals surface area contributed by atoms with E-state index >= 15 is 0 Å². The predicted octanol–water partition coefficient (Wildman–Crippen LogP) is 4.89. The molecule has 9 heteroatoms. The van der Waals surface area contributed by atoms with Gasteiger partial charge in [-0.1, -0.05) is 53.6 Å². The molecule has 7 nitrogen and oxygen atoms in total. The summed E-state index contributed by atoms with van der Waals surface area (Å²) in [5.41, 5.74) is 3.07. The van der Waals surface area contributed by atoms with Crippen LogP contribution in [0.5, 0.6) is 0 Å². The first-order valence-corrected chi connectivity index (χ1v) is 14.2. The summed E-state index contributed by atoms with van der Waals surface area (Å²) in [5, 5.41) is 2.78. The Balaban J connectivity index is 2.08. The van der Waals surface area contributed by atoms with Crippen molar-refractivity contribution in [3.05, 3.63) is 94.8 Å². The highest BCUT2D eigenvalue weighted by Gasteiger charge is 2.33. The van der Waals surface area contributed by atoms with Crippen LogP contribution in [0.25, 0.3) is 0 Å². The normalized spacial score (nSPS) is 12.2. The molecule has 0 aliphatic carbocycles. The van der Waals surface area contributed by atoms with Gasteiger partial charge in [0.25, 0.3) is 10.0 Å². The summed E-state index contributed by atoms with van der Waals surface area (Å²) < 4.78 is 43.5. The highest BCUT2D eigenvalue weighted by Crippen LogP contribution is 2.28. The molecule has 0 radical (unpaired) electrons. The molecule has 3 rings (SSSR count). The molecule has 0 saturated heterocycles. The van der Waals surface area contributed by atoms with Crippen LogP contribution in [0.4, 0.5) is 10.1 Å². The van der Waals surface area contributed by atoms with Gasteiger partial charge in [-0.3, -0.25) is 13.9 Å². The molecule has 208 valence electrons. The SMILES string of the molecule is Cc1ccc(S(=O)(=O)N(CC(=O)N(Cc2ccccc2F)[C@H](C)C(=O)NC(C)C)c2ccc(C)cc2C)cc1. The number of carbonyl (C=O) groups is 2. The summed E-state index contributed by atoms with van der Waals surface area (Å²) in [5.74, 6) is -1.58. The smallest absolute Gasteiger partial charge is 0.264 e. The summed E-state index contributed by atoms with van der Waals surface area (Å²) in [6, 6.07) is 16.5. The molecule has 3 aromatic carbocycles. The number of nitrogens with one attached hydrogen (secondary N) is 1. The second-order valence-electron chi connectivity index (χ2n) is 10.1. The monoisotopic (exact) mass is 553 g/mol. The Kier molecular flexibility index (Phi) is 9.50. The van der Waals surface area contributed by atoms with Crippen LogP contribution in [-0.2, 0) is 26.2 Å². The fourth-order valence-corrected chi connectivity index (χ4v) is 5.71. The zero-order chi connectivity index (χ0) is 28.9. The van der Waals surface area contributed by atoms with Gasteiger partial charge in [-0.05, 0) is 71.4 Å². The molecule has 0 aliphatic rings. The van der Waals surface area contributed by atoms with E-state index in [9.17, 15) is 22.4 Å². The zero-order valence-corrected chi connectivity index (χ0v) is 24.0. The van der Waals surface area contributed by atoms with E-state index in [0.717, 1.165) is 15.4 Å². The summed E-state index contributed by atoms with van der Waals surface area (Å²) in [4.78, 5) is 28.1. The lowest BCUT2D eigenvalue weighted by Gasteiger charge is -2.33. The number of anilines is 1. The molecule has 0 unspecified atom stereocenters. The van der Waals surface area contributed by atoms with Crippen molar-refractivity contribution in [2.24, 2.45) is 0 Å². The molecule has 1 atom stereocenters. The van der Waals surface area contributed by atoms with Crippen molar-refractivity contribution >= 4 is 27.5 Å². The van der Waals surface area contributed by atoms with Crippen LogP contribution in [0.15, 0.2) is 71.6 Å². The van der Waals surface area contributed by atoms with Gasteiger partial charge < -0.3 is 10.2 Å². The highest BCUT2D eigenvalue weighted by atomic mass is 32.2. The first kappa shape index (κ1) is 29.8. The van der Waals surface area contributed by atoms with Gasteiger partial charge in [-0.2, -0.15) is 0 Å². The number of rotatable bonds is 10. The van der Waals surface area contributed by atoms with Gasteiger partial charge in [-0.25, -0.2) is 12.8 Å². The van der Waals surface area contributed by atoms with E-state index in [2.05, 4.69) is 5.32 Å². The van der Waals surface area contributed by atoms with Crippen LogP contribution < -0.4 is 9.62 Å². The average Bonchev–Trinajstić information content (AvgIpc) is 2.86. The molecule has 2 amide bonds. The quantitative estimate of drug-likeness (QED) is 0.387. The molecule has 3 aromatic rings. The third kappa shape index (κ3) is 7.23. The van der Waals surface area contributed by atoms with E-state index < -0.39 is 40.2 Å². The van der Waals surface area contributed by atoms with Crippen molar-refractivity contribution in [2.75, 3.05) is 10.8 Å². The van der Waals surface area contributed by atoms with Gasteiger partial charge >= 0.3 is 0 Å². The maximum absolute atomic E-state index is 14.6. The molecule has 0 spiro atoms. The fourth-order valence-electron chi connectivity index (χ4n) is 4.23. The van der Waals surface area contributed by atoms with E-state index in [1.54, 1.807) is 58.0 Å². The Bertz CT molecular complexity index is 1440. The minimum Gasteiger partial charge on any atom is -0.352 e. The van der Waals surface area contributed by atoms with E-state index in [0.29, 0.717) is 11.3 Å². The van der Waals surface area contributed by atoms with Crippen LogP contribution >= 0.6 is 0 Å². The Morgan fingerprint density at radius 2 is 1.51 bits per heavy atom. The Morgan fingerprint density at radius 1 is 0.897 bits per heavy atom. The standard InChI is InChI=1S/C30H36FN3O4S/c1-20(2)32-30(36)24(6)33(18-25-9-7-8-10-27(25)31)29(35)19-34(28-16-13-22(4)17-23(28)5)39(37,38)26-14-11-21(3)12-15-26/h7-17,20,24H,18-19H2,1-6H3,(H,32,36)/t24-/m1/s1. The molecule has 1 N–H and O–H groups in total. The van der Waals surface area contributed by atoms with Gasteiger partial charge in [0.1, 0.15) is 18.4 Å². The number of amides is 2. The molecule has 0 fully saturated rings. The zero-order valence-electron chi connectivity index (χ0n) is 23.2. The van der Waals surface area contributed by atoms with Crippen LogP contribution in [0.1, 0.15) is 43.0 Å². The van der Waals surface area contributed by atoms with Gasteiger partial charge in [0.15, 0.2) is 0 Å².